The molecule has 0 saturated carbocycles. The summed E-state index contributed by atoms with van der Waals surface area (Å²) in [4.78, 5) is 44.4. The summed E-state index contributed by atoms with van der Waals surface area (Å²) in [6, 6.07) is 8.15. The lowest BCUT2D eigenvalue weighted by Gasteiger charge is -2.33. The van der Waals surface area contributed by atoms with E-state index < -0.39 is 24.7 Å². The minimum atomic E-state index is -0.726. The number of carbonyl (C=O) groups excluding carboxylic acids is 3. The Balaban J connectivity index is 1.41. The second-order valence-corrected chi connectivity index (χ2v) is 8.64. The van der Waals surface area contributed by atoms with Crippen LogP contribution >= 0.6 is 0 Å². The van der Waals surface area contributed by atoms with Gasteiger partial charge in [-0.25, -0.2) is 14.2 Å². The second kappa shape index (κ2) is 10.3. The number of cyclic esters (lactones) is 1. The van der Waals surface area contributed by atoms with E-state index >= 15 is 0 Å². The predicted octanol–water partition coefficient (Wildman–Crippen LogP) is 1.73. The summed E-state index contributed by atoms with van der Waals surface area (Å²) < 4.78 is 20.2. The molecule has 1 atom stereocenters. The van der Waals surface area contributed by atoms with Crippen molar-refractivity contribution in [2.24, 2.45) is 0 Å². The lowest BCUT2D eigenvalue weighted by molar-refractivity contribution is -0.134. The Bertz CT molecular complexity index is 1100. The first-order valence-corrected chi connectivity index (χ1v) is 11.4. The lowest BCUT2D eigenvalue weighted by Crippen LogP contribution is -2.45. The third-order valence-corrected chi connectivity index (χ3v) is 6.38. The number of pyridine rings is 1. The van der Waals surface area contributed by atoms with Gasteiger partial charge in [0.15, 0.2) is 6.23 Å². The summed E-state index contributed by atoms with van der Waals surface area (Å²) >= 11 is 0. The fraction of sp³-hybridized carbons (Fsp3) is 0.417. The monoisotopic (exact) mass is 485 g/mol. The zero-order valence-electron chi connectivity index (χ0n) is 19.6. The van der Waals surface area contributed by atoms with Gasteiger partial charge in [0, 0.05) is 50.4 Å². The van der Waals surface area contributed by atoms with Crippen molar-refractivity contribution in [1.82, 2.24) is 15.2 Å². The molecule has 3 amide bonds. The number of hydrogen-bond acceptors (Lipinski definition) is 7. The molecule has 35 heavy (non-hydrogen) atoms. The molecule has 0 spiro atoms. The topological polar surface area (TPSA) is 115 Å². The number of aliphatic hydroxyl groups excluding tert-OH is 1. The molecule has 1 aromatic carbocycles. The highest BCUT2D eigenvalue weighted by atomic mass is 19.1. The Morgan fingerprint density at radius 1 is 1.26 bits per heavy atom. The summed E-state index contributed by atoms with van der Waals surface area (Å²) in [7, 11) is 1.54. The van der Waals surface area contributed by atoms with Gasteiger partial charge in [-0.05, 0) is 43.2 Å². The van der Waals surface area contributed by atoms with Crippen molar-refractivity contribution in [2.45, 2.75) is 32.0 Å². The maximum Gasteiger partial charge on any atom is 0.416 e. The summed E-state index contributed by atoms with van der Waals surface area (Å²) in [6.07, 6.45) is 1.73. The first-order chi connectivity index (χ1) is 16.8. The Morgan fingerprint density at radius 2 is 2.00 bits per heavy atom. The van der Waals surface area contributed by atoms with Crippen LogP contribution in [-0.4, -0.2) is 78.5 Å². The first kappa shape index (κ1) is 24.4. The van der Waals surface area contributed by atoms with E-state index in [1.807, 2.05) is 6.07 Å². The number of aromatic nitrogens is 1. The number of likely N-dealkylation sites (N-methyl/N-ethyl adjacent to an activating group) is 1. The third-order valence-electron chi connectivity index (χ3n) is 6.38. The average Bonchev–Trinajstić information content (AvgIpc) is 3.25. The van der Waals surface area contributed by atoms with E-state index in [-0.39, 0.29) is 24.4 Å². The number of hydrogen-bond donors (Lipinski definition) is 2. The summed E-state index contributed by atoms with van der Waals surface area (Å²) in [5.41, 5.74) is 1.29. The zero-order valence-corrected chi connectivity index (χ0v) is 19.6. The Morgan fingerprint density at radius 3 is 2.60 bits per heavy atom. The van der Waals surface area contributed by atoms with E-state index in [1.165, 1.54) is 22.8 Å². The van der Waals surface area contributed by atoms with Crippen molar-refractivity contribution in [3.8, 4) is 11.1 Å². The van der Waals surface area contributed by atoms with E-state index in [1.54, 1.807) is 31.4 Å². The van der Waals surface area contributed by atoms with Crippen molar-refractivity contribution in [2.75, 3.05) is 43.1 Å². The third kappa shape index (κ3) is 5.35. The smallest absolute Gasteiger partial charge is 0.416 e. The van der Waals surface area contributed by atoms with Gasteiger partial charge in [-0.1, -0.05) is 0 Å². The fourth-order valence-corrected chi connectivity index (χ4v) is 4.23. The van der Waals surface area contributed by atoms with Crippen LogP contribution in [0.2, 0.25) is 0 Å². The molecule has 3 heterocycles. The molecule has 0 aliphatic carbocycles. The van der Waals surface area contributed by atoms with Crippen molar-refractivity contribution in [1.29, 1.82) is 0 Å². The van der Waals surface area contributed by atoms with Gasteiger partial charge >= 0.3 is 6.09 Å². The number of nitrogens with zero attached hydrogens (tertiary/aromatic N) is 4. The van der Waals surface area contributed by atoms with Crippen molar-refractivity contribution < 1.29 is 28.6 Å². The molecule has 0 radical (unpaired) electrons. The normalized spacial score (nSPS) is 18.4. The molecule has 11 heteroatoms. The van der Waals surface area contributed by atoms with Crippen molar-refractivity contribution in [3.63, 3.8) is 0 Å². The van der Waals surface area contributed by atoms with Crippen LogP contribution in [0.25, 0.3) is 11.1 Å². The van der Waals surface area contributed by atoms with Crippen molar-refractivity contribution in [3.05, 3.63) is 42.3 Å². The van der Waals surface area contributed by atoms with Gasteiger partial charge in [0.2, 0.25) is 11.8 Å². The highest BCUT2D eigenvalue weighted by Gasteiger charge is 2.36. The minimum absolute atomic E-state index is 0.0313. The molecule has 2 saturated heterocycles. The predicted molar refractivity (Wildman–Crippen MR) is 126 cm³/mol. The molecule has 10 nitrogen and oxygen atoms in total. The van der Waals surface area contributed by atoms with E-state index in [0.717, 1.165) is 18.7 Å². The van der Waals surface area contributed by atoms with E-state index in [0.29, 0.717) is 29.9 Å². The number of aliphatic hydroxyl groups is 1. The highest BCUT2D eigenvalue weighted by Crippen LogP contribution is 2.30. The number of rotatable bonds is 6. The van der Waals surface area contributed by atoms with Crippen LogP contribution in [0, 0.1) is 5.82 Å². The largest absolute Gasteiger partial charge is 0.423 e. The van der Waals surface area contributed by atoms with Crippen LogP contribution in [0.15, 0.2) is 36.5 Å². The molecular weight excluding hydrogens is 457 g/mol. The quantitative estimate of drug-likeness (QED) is 0.640. The second-order valence-electron chi connectivity index (χ2n) is 8.64. The van der Waals surface area contributed by atoms with E-state index in [2.05, 4.69) is 15.2 Å². The maximum absolute atomic E-state index is 15.0. The number of ether oxygens (including phenoxy) is 1. The van der Waals surface area contributed by atoms with Gasteiger partial charge in [-0.15, -0.1) is 0 Å². The van der Waals surface area contributed by atoms with Gasteiger partial charge in [-0.3, -0.25) is 14.5 Å². The number of anilines is 2. The minimum Gasteiger partial charge on any atom is -0.423 e. The van der Waals surface area contributed by atoms with Gasteiger partial charge in [-0.2, -0.15) is 0 Å². The molecule has 2 aliphatic rings. The molecule has 0 unspecified atom stereocenters. The van der Waals surface area contributed by atoms with Crippen LogP contribution in [0.4, 0.5) is 20.7 Å². The zero-order chi connectivity index (χ0) is 25.1. The maximum atomic E-state index is 15.0. The molecule has 1 aromatic heterocycles. The van der Waals surface area contributed by atoms with Gasteiger partial charge in [0.1, 0.15) is 18.2 Å². The van der Waals surface area contributed by atoms with Gasteiger partial charge in [0.25, 0.3) is 0 Å². The van der Waals surface area contributed by atoms with Gasteiger partial charge in [0.05, 0.1) is 12.2 Å². The number of nitrogens with one attached hydrogen (secondary N) is 1. The summed E-state index contributed by atoms with van der Waals surface area (Å²) in [6.45, 7) is 2.39. The standard InChI is InChI=1S/C24H28FN5O5/c1-15(32)28(2)23-13-30(24(34)35-23)18-4-5-19(20(25)11-18)16-3-6-21(26-12-16)29-9-7-17(8-10-29)27-22(33)14-31/h3-6,11-12,17,23,31H,7-10,13-14H2,1-2H3,(H,27,33)/t23-/m0/s1. The number of carbonyl (C=O) groups is 3. The SMILES string of the molecule is CC(=O)N(C)[C@@H]1CN(c2ccc(-c3ccc(N4CCC(NC(=O)CO)CC4)nc3)c(F)c2)C(=O)O1. The fourth-order valence-electron chi connectivity index (χ4n) is 4.23. The Kier molecular flexibility index (Phi) is 7.15. The number of amides is 3. The van der Waals surface area contributed by atoms with E-state index in [9.17, 15) is 18.8 Å². The molecule has 2 aromatic rings. The Hall–Kier alpha value is -3.73. The van der Waals surface area contributed by atoms with Crippen LogP contribution in [-0.2, 0) is 14.3 Å². The molecular formula is C24H28FN5O5. The summed E-state index contributed by atoms with van der Waals surface area (Å²) in [5.74, 6) is -0.351. The van der Waals surface area contributed by atoms with Crippen LogP contribution in [0.3, 0.4) is 0 Å². The molecule has 186 valence electrons. The van der Waals surface area contributed by atoms with Gasteiger partial charge < -0.3 is 25.0 Å². The summed E-state index contributed by atoms with van der Waals surface area (Å²) in [5, 5.41) is 11.7. The highest BCUT2D eigenvalue weighted by molar-refractivity contribution is 5.90. The molecule has 2 N–H and O–H groups in total. The van der Waals surface area contributed by atoms with Crippen LogP contribution < -0.4 is 15.1 Å². The van der Waals surface area contributed by atoms with Crippen molar-refractivity contribution >= 4 is 29.4 Å². The lowest BCUT2D eigenvalue weighted by atomic mass is 10.0. The Labute approximate surface area is 202 Å². The van der Waals surface area contributed by atoms with Crippen LogP contribution in [0.1, 0.15) is 19.8 Å². The average molecular weight is 486 g/mol. The molecule has 2 aliphatic heterocycles. The first-order valence-electron chi connectivity index (χ1n) is 11.4. The molecule has 4 rings (SSSR count). The molecule has 2 fully saturated rings. The van der Waals surface area contributed by atoms with Crippen LogP contribution in [0.5, 0.6) is 0 Å². The number of benzene rings is 1. The number of halogens is 1. The molecule has 0 bridgehead atoms. The van der Waals surface area contributed by atoms with E-state index in [4.69, 9.17) is 9.84 Å². The number of piperidine rings is 1.